The van der Waals surface area contributed by atoms with Gasteiger partial charge in [-0.15, -0.1) is 11.3 Å². The Morgan fingerprint density at radius 3 is 2.83 bits per heavy atom. The van der Waals surface area contributed by atoms with Crippen LogP contribution in [0.15, 0.2) is 33.4 Å². The lowest BCUT2D eigenvalue weighted by atomic mass is 10.1. The maximum absolute atomic E-state index is 12.4. The van der Waals surface area contributed by atoms with Crippen molar-refractivity contribution in [3.63, 3.8) is 0 Å². The number of thiazole rings is 1. The van der Waals surface area contributed by atoms with Gasteiger partial charge in [0, 0.05) is 30.9 Å². The Morgan fingerprint density at radius 1 is 1.24 bits per heavy atom. The Hall–Kier alpha value is -2.30. The van der Waals surface area contributed by atoms with Gasteiger partial charge in [0.2, 0.25) is 10.9 Å². The molecule has 0 saturated heterocycles. The third-order valence-corrected chi connectivity index (χ3v) is 7.08. The van der Waals surface area contributed by atoms with Gasteiger partial charge in [0.05, 0.1) is 15.9 Å². The highest BCUT2D eigenvalue weighted by Crippen LogP contribution is 2.32. The largest absolute Gasteiger partial charge is 0.326 e. The minimum atomic E-state index is -0.152. The van der Waals surface area contributed by atoms with Crippen molar-refractivity contribution in [3.8, 4) is 0 Å². The van der Waals surface area contributed by atoms with Crippen LogP contribution in [-0.4, -0.2) is 25.5 Å². The highest BCUT2D eigenvalue weighted by Gasteiger charge is 2.12. The van der Waals surface area contributed by atoms with Gasteiger partial charge in [0.15, 0.2) is 4.34 Å². The van der Waals surface area contributed by atoms with Gasteiger partial charge in [-0.25, -0.2) is 9.97 Å². The highest BCUT2D eigenvalue weighted by molar-refractivity contribution is 8.00. The summed E-state index contributed by atoms with van der Waals surface area (Å²) in [5, 5.41) is 8.09. The molecule has 0 aliphatic rings. The van der Waals surface area contributed by atoms with Gasteiger partial charge in [-0.1, -0.05) is 36.9 Å². The quantitative estimate of drug-likeness (QED) is 0.447. The summed E-state index contributed by atoms with van der Waals surface area (Å²) >= 11 is 4.57. The molecule has 1 N–H and O–H groups in total. The summed E-state index contributed by atoms with van der Waals surface area (Å²) < 4.78 is 3.28. The van der Waals surface area contributed by atoms with E-state index in [0.717, 1.165) is 37.4 Å². The van der Waals surface area contributed by atoms with Crippen molar-refractivity contribution in [2.75, 3.05) is 5.32 Å². The molecule has 29 heavy (non-hydrogen) atoms. The van der Waals surface area contributed by atoms with Crippen molar-refractivity contribution in [1.29, 1.82) is 0 Å². The Labute approximate surface area is 179 Å². The predicted molar refractivity (Wildman–Crippen MR) is 119 cm³/mol. The van der Waals surface area contributed by atoms with E-state index in [1.54, 1.807) is 29.2 Å². The van der Waals surface area contributed by atoms with Crippen LogP contribution >= 0.6 is 34.4 Å². The third-order valence-electron chi connectivity index (χ3n) is 3.96. The van der Waals surface area contributed by atoms with E-state index in [2.05, 4.69) is 34.2 Å². The Kier molecular flexibility index (Phi) is 5.66. The van der Waals surface area contributed by atoms with Gasteiger partial charge in [-0.3, -0.25) is 9.59 Å². The van der Waals surface area contributed by atoms with Crippen molar-refractivity contribution < 1.29 is 4.79 Å². The number of nitrogens with zero attached hydrogens (tertiary/aromatic N) is 4. The smallest absolute Gasteiger partial charge is 0.275 e. The van der Waals surface area contributed by atoms with Crippen LogP contribution in [0.4, 0.5) is 5.69 Å². The topological polar surface area (TPSA) is 89.2 Å². The monoisotopic (exact) mass is 445 g/mol. The summed E-state index contributed by atoms with van der Waals surface area (Å²) in [4.78, 5) is 33.5. The molecular formula is C19H19N5O2S3. The number of fused-ring (bicyclic) bond motifs is 2. The van der Waals surface area contributed by atoms with Gasteiger partial charge in [-0.05, 0) is 24.1 Å². The van der Waals surface area contributed by atoms with Gasteiger partial charge < -0.3 is 5.32 Å². The van der Waals surface area contributed by atoms with Crippen LogP contribution in [-0.2, 0) is 17.0 Å². The van der Waals surface area contributed by atoms with Crippen LogP contribution in [0.2, 0.25) is 0 Å². The zero-order valence-electron chi connectivity index (χ0n) is 16.1. The van der Waals surface area contributed by atoms with Crippen molar-refractivity contribution in [2.45, 2.75) is 37.3 Å². The summed E-state index contributed by atoms with van der Waals surface area (Å²) in [7, 11) is 0. The number of aromatic nitrogens is 4. The normalized spacial score (nSPS) is 11.6. The van der Waals surface area contributed by atoms with Crippen molar-refractivity contribution in [3.05, 3.63) is 45.3 Å². The molecule has 4 rings (SSSR count). The lowest BCUT2D eigenvalue weighted by Crippen LogP contribution is -2.15. The number of rotatable bonds is 6. The van der Waals surface area contributed by atoms with Gasteiger partial charge in [0.1, 0.15) is 5.01 Å². The highest BCUT2D eigenvalue weighted by atomic mass is 32.2. The maximum atomic E-state index is 12.4. The van der Waals surface area contributed by atoms with Crippen LogP contribution in [0, 0.1) is 5.92 Å². The fourth-order valence-corrected chi connectivity index (χ4v) is 5.91. The van der Waals surface area contributed by atoms with E-state index in [9.17, 15) is 9.59 Å². The lowest BCUT2D eigenvalue weighted by Gasteiger charge is -1.99. The second kappa shape index (κ2) is 8.21. The number of carbonyl (C=O) groups excluding carboxylic acids is 1. The number of carbonyl (C=O) groups is 1. The Bertz CT molecular complexity index is 1260. The van der Waals surface area contributed by atoms with Crippen LogP contribution < -0.4 is 10.9 Å². The summed E-state index contributed by atoms with van der Waals surface area (Å²) in [6, 6.07) is 7.20. The fraction of sp³-hybridized carbons (Fsp3) is 0.316. The number of nitrogens with one attached hydrogen (secondary N) is 1. The summed E-state index contributed by atoms with van der Waals surface area (Å²) in [6.45, 7) is 5.74. The zero-order chi connectivity index (χ0) is 20.5. The minimum Gasteiger partial charge on any atom is -0.326 e. The van der Waals surface area contributed by atoms with E-state index in [0.29, 0.717) is 16.6 Å². The molecule has 150 valence electrons. The zero-order valence-corrected chi connectivity index (χ0v) is 18.6. The van der Waals surface area contributed by atoms with Crippen LogP contribution in [0.1, 0.15) is 31.5 Å². The van der Waals surface area contributed by atoms with Crippen LogP contribution in [0.25, 0.3) is 15.2 Å². The van der Waals surface area contributed by atoms with Crippen molar-refractivity contribution in [2.24, 2.45) is 5.92 Å². The van der Waals surface area contributed by atoms with Crippen molar-refractivity contribution >= 4 is 61.2 Å². The first-order valence-electron chi connectivity index (χ1n) is 9.07. The number of thioether (sulfide) groups is 1. The molecule has 0 aliphatic carbocycles. The lowest BCUT2D eigenvalue weighted by molar-refractivity contribution is -0.114. The molecule has 4 aromatic rings. The molecule has 3 aromatic heterocycles. The van der Waals surface area contributed by atoms with Crippen LogP contribution in [0.5, 0.6) is 0 Å². The van der Waals surface area contributed by atoms with Gasteiger partial charge >= 0.3 is 0 Å². The van der Waals surface area contributed by atoms with E-state index in [1.807, 2.05) is 18.2 Å². The first kappa shape index (κ1) is 20.0. The number of hydrogen-bond acceptors (Lipinski definition) is 8. The summed E-state index contributed by atoms with van der Waals surface area (Å²) in [6.07, 6.45) is 0.837. The standard InChI is InChI=1S/C19H19N5O2S3/c1-10(2)6-16-23-24-17(26)8-13(21-18(24)29-16)9-27-19-22-14-5-4-12(20-11(3)25)7-15(14)28-19/h4-5,7-8,10H,6,9H2,1-3H3,(H,20,25). The van der Waals surface area contributed by atoms with E-state index < -0.39 is 0 Å². The first-order chi connectivity index (χ1) is 13.9. The summed E-state index contributed by atoms with van der Waals surface area (Å²) in [5.41, 5.74) is 2.21. The SMILES string of the molecule is CC(=O)Nc1ccc2nc(SCc3cc(=O)n4nc(CC(C)C)sc4n3)sc2c1. The molecule has 0 saturated carbocycles. The molecule has 0 radical (unpaired) electrons. The van der Waals surface area contributed by atoms with E-state index in [4.69, 9.17) is 0 Å². The average molecular weight is 446 g/mol. The predicted octanol–water partition coefficient (Wildman–Crippen LogP) is 4.21. The second-order valence-electron chi connectivity index (χ2n) is 7.01. The molecule has 1 aromatic carbocycles. The number of hydrogen-bond donors (Lipinski definition) is 1. The molecule has 1 amide bonds. The number of amides is 1. The van der Waals surface area contributed by atoms with E-state index in [1.165, 1.54) is 22.8 Å². The van der Waals surface area contributed by atoms with Crippen molar-refractivity contribution in [1.82, 2.24) is 19.6 Å². The fourth-order valence-electron chi connectivity index (χ4n) is 2.78. The maximum Gasteiger partial charge on any atom is 0.275 e. The van der Waals surface area contributed by atoms with E-state index >= 15 is 0 Å². The minimum absolute atomic E-state index is 0.101. The molecule has 0 bridgehead atoms. The van der Waals surface area contributed by atoms with E-state index in [-0.39, 0.29) is 11.5 Å². The average Bonchev–Trinajstić information content (AvgIpc) is 3.22. The molecule has 0 unspecified atom stereocenters. The molecule has 0 fully saturated rings. The molecule has 3 heterocycles. The molecular weight excluding hydrogens is 426 g/mol. The molecule has 10 heteroatoms. The third kappa shape index (κ3) is 4.65. The van der Waals surface area contributed by atoms with Gasteiger partial charge in [0.25, 0.3) is 5.56 Å². The Morgan fingerprint density at radius 2 is 2.07 bits per heavy atom. The molecule has 0 spiro atoms. The second-order valence-corrected chi connectivity index (χ2v) is 10.3. The Balaban J connectivity index is 1.52. The van der Waals surface area contributed by atoms with Gasteiger partial charge in [-0.2, -0.15) is 9.61 Å². The van der Waals surface area contributed by atoms with Crippen LogP contribution in [0.3, 0.4) is 0 Å². The molecule has 0 atom stereocenters. The number of benzene rings is 1. The molecule has 0 aliphatic heterocycles. The molecule has 7 nitrogen and oxygen atoms in total. The first-order valence-corrected chi connectivity index (χ1v) is 11.7. The summed E-state index contributed by atoms with van der Waals surface area (Å²) in [5.74, 6) is 0.934. The number of anilines is 1.